The summed E-state index contributed by atoms with van der Waals surface area (Å²) in [6, 6.07) is 16.9. The van der Waals surface area contributed by atoms with Crippen LogP contribution in [0.1, 0.15) is 44.3 Å². The topological polar surface area (TPSA) is 150 Å². The number of amides is 3. The van der Waals surface area contributed by atoms with E-state index in [1.54, 1.807) is 18.2 Å². The number of nitrogens with zero attached hydrogens (tertiary/aromatic N) is 3. The Labute approximate surface area is 234 Å². The Morgan fingerprint density at radius 3 is 2.20 bits per heavy atom. The minimum absolute atomic E-state index is 0.0392. The number of rotatable bonds is 8. The van der Waals surface area contributed by atoms with Gasteiger partial charge in [0, 0.05) is 41.4 Å². The van der Waals surface area contributed by atoms with Gasteiger partial charge in [-0.05, 0) is 48.9 Å². The van der Waals surface area contributed by atoms with E-state index in [2.05, 4.69) is 5.32 Å². The van der Waals surface area contributed by atoms with Gasteiger partial charge in [0.05, 0.1) is 17.4 Å². The molecular formula is C28H25ClN4O7. The lowest BCUT2D eigenvalue weighted by molar-refractivity contribution is -0.384. The summed E-state index contributed by atoms with van der Waals surface area (Å²) in [5.74, 6) is -3.08. The molecule has 1 heterocycles. The van der Waals surface area contributed by atoms with E-state index >= 15 is 0 Å². The number of carbonyl (C=O) groups is 4. The lowest BCUT2D eigenvalue weighted by Crippen LogP contribution is -2.54. The number of nitro benzene ring substituents is 1. The summed E-state index contributed by atoms with van der Waals surface area (Å²) < 4.78 is 0. The molecule has 3 amide bonds. The van der Waals surface area contributed by atoms with Gasteiger partial charge in [0.25, 0.3) is 23.4 Å². The molecule has 0 bridgehead atoms. The maximum absolute atomic E-state index is 13.8. The molecule has 2 atom stereocenters. The maximum atomic E-state index is 13.8. The van der Waals surface area contributed by atoms with Gasteiger partial charge in [-0.15, -0.1) is 0 Å². The fraction of sp³-hybridized carbons (Fsp3) is 0.214. The van der Waals surface area contributed by atoms with Gasteiger partial charge < -0.3 is 20.2 Å². The van der Waals surface area contributed by atoms with Crippen LogP contribution in [-0.2, 0) is 9.59 Å². The van der Waals surface area contributed by atoms with Crippen LogP contribution in [-0.4, -0.2) is 62.8 Å². The standard InChI is InChI=1S/C28H25ClN4O7/c1-17-4-2-6-20(14-17)28(38)32-13-12-31(27(37)18-8-10-21(29)11-9-18)26(32)25(36)30-23(16-24(34)35)19-5-3-7-22(15-19)33(39)40/h2-11,14-15,23,26H,12-13,16H2,1H3,(H,30,36)(H,34,35). The number of non-ortho nitro benzene ring substituents is 1. The van der Waals surface area contributed by atoms with Crippen molar-refractivity contribution < 1.29 is 29.2 Å². The lowest BCUT2D eigenvalue weighted by atomic mass is 10.0. The Bertz CT molecular complexity index is 1480. The van der Waals surface area contributed by atoms with Gasteiger partial charge in [-0.25, -0.2) is 0 Å². The number of benzene rings is 3. The smallest absolute Gasteiger partial charge is 0.305 e. The molecular weight excluding hydrogens is 540 g/mol. The molecule has 206 valence electrons. The zero-order chi connectivity index (χ0) is 29.0. The number of hydrogen-bond acceptors (Lipinski definition) is 6. The van der Waals surface area contributed by atoms with Crippen molar-refractivity contribution in [2.45, 2.75) is 25.6 Å². The van der Waals surface area contributed by atoms with Crippen LogP contribution in [0.15, 0.2) is 72.8 Å². The highest BCUT2D eigenvalue weighted by Gasteiger charge is 2.44. The molecule has 3 aromatic carbocycles. The first-order valence-electron chi connectivity index (χ1n) is 12.3. The van der Waals surface area contributed by atoms with Crippen molar-refractivity contribution in [1.29, 1.82) is 0 Å². The van der Waals surface area contributed by atoms with E-state index in [-0.39, 0.29) is 29.9 Å². The average molecular weight is 565 g/mol. The molecule has 40 heavy (non-hydrogen) atoms. The summed E-state index contributed by atoms with van der Waals surface area (Å²) in [6.45, 7) is 1.90. The summed E-state index contributed by atoms with van der Waals surface area (Å²) >= 11 is 5.96. The van der Waals surface area contributed by atoms with E-state index in [0.29, 0.717) is 10.6 Å². The number of halogens is 1. The first kappa shape index (κ1) is 28.2. The molecule has 11 nitrogen and oxygen atoms in total. The maximum Gasteiger partial charge on any atom is 0.305 e. The highest BCUT2D eigenvalue weighted by molar-refractivity contribution is 6.30. The lowest BCUT2D eigenvalue weighted by Gasteiger charge is -2.31. The Balaban J connectivity index is 1.70. The zero-order valence-electron chi connectivity index (χ0n) is 21.3. The number of aryl methyl sites for hydroxylation is 1. The van der Waals surface area contributed by atoms with Crippen molar-refractivity contribution in [3.63, 3.8) is 0 Å². The predicted octanol–water partition coefficient (Wildman–Crippen LogP) is 3.81. The number of carbonyl (C=O) groups excluding carboxylic acids is 3. The van der Waals surface area contributed by atoms with Crippen LogP contribution in [0.3, 0.4) is 0 Å². The predicted molar refractivity (Wildman–Crippen MR) is 145 cm³/mol. The minimum atomic E-state index is -1.41. The highest BCUT2D eigenvalue weighted by Crippen LogP contribution is 2.26. The van der Waals surface area contributed by atoms with Gasteiger partial charge in [0.15, 0.2) is 6.17 Å². The van der Waals surface area contributed by atoms with Crippen molar-refractivity contribution in [3.05, 3.63) is 110 Å². The molecule has 1 fully saturated rings. The molecule has 0 aliphatic carbocycles. The number of nitro groups is 1. The fourth-order valence-electron chi connectivity index (χ4n) is 4.57. The number of carboxylic acid groups (broad SMARTS) is 1. The van der Waals surface area contributed by atoms with Crippen LogP contribution in [0.5, 0.6) is 0 Å². The van der Waals surface area contributed by atoms with Crippen LogP contribution < -0.4 is 5.32 Å². The normalized spacial score (nSPS) is 15.4. The van der Waals surface area contributed by atoms with Gasteiger partial charge in [0.1, 0.15) is 0 Å². The van der Waals surface area contributed by atoms with Gasteiger partial charge in [-0.3, -0.25) is 29.3 Å². The average Bonchev–Trinajstić information content (AvgIpc) is 3.37. The summed E-state index contributed by atoms with van der Waals surface area (Å²) in [5, 5.41) is 23.8. The molecule has 1 aliphatic heterocycles. The molecule has 4 rings (SSSR count). The monoisotopic (exact) mass is 564 g/mol. The van der Waals surface area contributed by atoms with E-state index in [4.69, 9.17) is 11.6 Å². The van der Waals surface area contributed by atoms with E-state index < -0.39 is 47.2 Å². The van der Waals surface area contributed by atoms with Gasteiger partial charge >= 0.3 is 5.97 Å². The Hall–Kier alpha value is -4.77. The summed E-state index contributed by atoms with van der Waals surface area (Å²) in [6.07, 6.45) is -2.00. The van der Waals surface area contributed by atoms with E-state index in [9.17, 15) is 34.4 Å². The molecule has 0 saturated carbocycles. The zero-order valence-corrected chi connectivity index (χ0v) is 22.1. The second kappa shape index (κ2) is 12.0. The SMILES string of the molecule is Cc1cccc(C(=O)N2CCN(C(=O)c3ccc(Cl)cc3)C2C(=O)NC(CC(=O)O)c2cccc([N+](=O)[O-])c2)c1. The summed E-state index contributed by atoms with van der Waals surface area (Å²) in [4.78, 5) is 65.6. The van der Waals surface area contributed by atoms with Crippen LogP contribution in [0.25, 0.3) is 0 Å². The van der Waals surface area contributed by atoms with E-state index in [1.807, 2.05) is 13.0 Å². The summed E-state index contributed by atoms with van der Waals surface area (Å²) in [7, 11) is 0. The van der Waals surface area contributed by atoms with Crippen LogP contribution >= 0.6 is 11.6 Å². The van der Waals surface area contributed by atoms with Crippen LogP contribution in [0.4, 0.5) is 5.69 Å². The minimum Gasteiger partial charge on any atom is -0.481 e. The molecule has 12 heteroatoms. The molecule has 2 N–H and O–H groups in total. The number of aliphatic carboxylic acids is 1. The van der Waals surface area contributed by atoms with Crippen molar-refractivity contribution in [1.82, 2.24) is 15.1 Å². The first-order chi connectivity index (χ1) is 19.0. The summed E-state index contributed by atoms with van der Waals surface area (Å²) in [5.41, 5.74) is 1.30. The second-order valence-corrected chi connectivity index (χ2v) is 9.69. The third kappa shape index (κ3) is 6.26. The van der Waals surface area contributed by atoms with E-state index in [0.717, 1.165) is 5.56 Å². The second-order valence-electron chi connectivity index (χ2n) is 9.26. The molecule has 1 saturated heterocycles. The van der Waals surface area contributed by atoms with Crippen molar-refractivity contribution in [3.8, 4) is 0 Å². The Morgan fingerprint density at radius 2 is 1.60 bits per heavy atom. The van der Waals surface area contributed by atoms with Crippen molar-refractivity contribution in [2.75, 3.05) is 13.1 Å². The molecule has 2 unspecified atom stereocenters. The molecule has 0 radical (unpaired) electrons. The van der Waals surface area contributed by atoms with Gasteiger partial charge in [-0.1, -0.05) is 41.4 Å². The van der Waals surface area contributed by atoms with E-state index in [1.165, 1.54) is 58.3 Å². The molecule has 1 aliphatic rings. The number of carboxylic acids is 1. The molecule has 0 aromatic heterocycles. The quantitative estimate of drug-likeness (QED) is 0.312. The Kier molecular flexibility index (Phi) is 8.44. The number of nitrogens with one attached hydrogen (secondary N) is 1. The Morgan fingerprint density at radius 1 is 0.975 bits per heavy atom. The van der Waals surface area contributed by atoms with Gasteiger partial charge in [0.2, 0.25) is 0 Å². The fourth-order valence-corrected chi connectivity index (χ4v) is 4.69. The number of hydrogen-bond donors (Lipinski definition) is 2. The van der Waals surface area contributed by atoms with Crippen LogP contribution in [0.2, 0.25) is 5.02 Å². The molecule has 3 aromatic rings. The third-order valence-corrected chi connectivity index (χ3v) is 6.72. The van der Waals surface area contributed by atoms with Crippen molar-refractivity contribution in [2.24, 2.45) is 0 Å². The molecule has 0 spiro atoms. The van der Waals surface area contributed by atoms with Crippen molar-refractivity contribution >= 4 is 41.0 Å². The highest BCUT2D eigenvalue weighted by atomic mass is 35.5. The van der Waals surface area contributed by atoms with Gasteiger partial charge in [-0.2, -0.15) is 0 Å². The largest absolute Gasteiger partial charge is 0.481 e. The third-order valence-electron chi connectivity index (χ3n) is 6.46. The first-order valence-corrected chi connectivity index (χ1v) is 12.6. The van der Waals surface area contributed by atoms with Crippen LogP contribution in [0, 0.1) is 17.0 Å².